The van der Waals surface area contributed by atoms with Crippen LogP contribution in [0, 0.1) is 11.6 Å². The van der Waals surface area contributed by atoms with Gasteiger partial charge in [0.2, 0.25) is 0 Å². The molecule has 4 heteroatoms. The number of halogens is 2. The van der Waals surface area contributed by atoms with Crippen molar-refractivity contribution in [2.45, 2.75) is 0 Å². The van der Waals surface area contributed by atoms with Crippen LogP contribution in [0.25, 0.3) is 11.6 Å². The molecule has 0 saturated carbocycles. The number of rotatable bonds is 1. The molecule has 1 N–H and O–H groups in total. The minimum Gasteiger partial charge on any atom is -0.321 e. The van der Waals surface area contributed by atoms with Gasteiger partial charge in [-0.1, -0.05) is 12.1 Å². The van der Waals surface area contributed by atoms with Crippen LogP contribution < -0.4 is 5.32 Å². The number of amides is 1. The summed E-state index contributed by atoms with van der Waals surface area (Å²) >= 11 is 0. The molecule has 3 rings (SSSR count). The van der Waals surface area contributed by atoms with Gasteiger partial charge in [-0.05, 0) is 42.0 Å². The maximum Gasteiger partial charge on any atom is 0.256 e. The van der Waals surface area contributed by atoms with Gasteiger partial charge in [0, 0.05) is 16.8 Å². The molecule has 0 unspecified atom stereocenters. The summed E-state index contributed by atoms with van der Waals surface area (Å²) in [6, 6.07) is 9.87. The molecule has 0 atom stereocenters. The Bertz CT molecular complexity index is 690. The third-order valence-corrected chi connectivity index (χ3v) is 2.95. The second kappa shape index (κ2) is 4.31. The van der Waals surface area contributed by atoms with Crippen LogP contribution in [-0.4, -0.2) is 5.91 Å². The number of hydrogen-bond acceptors (Lipinski definition) is 1. The Morgan fingerprint density at radius 2 is 1.63 bits per heavy atom. The second-order valence-electron chi connectivity index (χ2n) is 4.25. The molecule has 0 radical (unpaired) electrons. The SMILES string of the molecule is O=C1Nc2ccc(F)cc2/C1=C\c1ccc(F)cc1. The van der Waals surface area contributed by atoms with Gasteiger partial charge in [0.15, 0.2) is 0 Å². The number of benzene rings is 2. The van der Waals surface area contributed by atoms with Crippen LogP contribution in [0.3, 0.4) is 0 Å². The highest BCUT2D eigenvalue weighted by atomic mass is 19.1. The van der Waals surface area contributed by atoms with Crippen LogP contribution in [0.2, 0.25) is 0 Å². The molecule has 2 nitrogen and oxygen atoms in total. The lowest BCUT2D eigenvalue weighted by atomic mass is 10.0. The van der Waals surface area contributed by atoms with Crippen molar-refractivity contribution < 1.29 is 13.6 Å². The number of fused-ring (bicyclic) bond motifs is 1. The van der Waals surface area contributed by atoms with Gasteiger partial charge in [0.1, 0.15) is 11.6 Å². The van der Waals surface area contributed by atoms with Crippen LogP contribution in [0.5, 0.6) is 0 Å². The largest absolute Gasteiger partial charge is 0.321 e. The zero-order valence-electron chi connectivity index (χ0n) is 9.78. The third kappa shape index (κ3) is 2.12. The first-order valence-corrected chi connectivity index (χ1v) is 5.72. The molecular weight excluding hydrogens is 248 g/mol. The van der Waals surface area contributed by atoms with Crippen molar-refractivity contribution in [2.75, 3.05) is 5.32 Å². The summed E-state index contributed by atoms with van der Waals surface area (Å²) in [5.74, 6) is -1.03. The number of anilines is 1. The third-order valence-electron chi connectivity index (χ3n) is 2.95. The Kier molecular flexibility index (Phi) is 2.63. The molecule has 0 saturated heterocycles. The van der Waals surface area contributed by atoms with E-state index in [9.17, 15) is 13.6 Å². The summed E-state index contributed by atoms with van der Waals surface area (Å²) in [5, 5.41) is 2.66. The van der Waals surface area contributed by atoms with Gasteiger partial charge in [0.25, 0.3) is 5.91 Å². The first-order chi connectivity index (χ1) is 9.13. The Balaban J connectivity index is 2.08. The highest BCUT2D eigenvalue weighted by Gasteiger charge is 2.24. The molecule has 94 valence electrons. The van der Waals surface area contributed by atoms with Crippen molar-refractivity contribution in [2.24, 2.45) is 0 Å². The number of nitrogens with one attached hydrogen (secondary N) is 1. The summed E-state index contributed by atoms with van der Waals surface area (Å²) < 4.78 is 26.1. The van der Waals surface area contributed by atoms with Crippen molar-refractivity contribution in [1.29, 1.82) is 0 Å². The maximum atomic E-state index is 13.2. The molecule has 1 aliphatic heterocycles. The van der Waals surface area contributed by atoms with Gasteiger partial charge in [-0.2, -0.15) is 0 Å². The molecule has 0 bridgehead atoms. The smallest absolute Gasteiger partial charge is 0.256 e. The highest BCUT2D eigenvalue weighted by Crippen LogP contribution is 2.33. The van der Waals surface area contributed by atoms with E-state index in [2.05, 4.69) is 5.32 Å². The minimum absolute atomic E-state index is 0.287. The van der Waals surface area contributed by atoms with Crippen molar-refractivity contribution in [3.05, 3.63) is 65.2 Å². The summed E-state index contributed by atoms with van der Waals surface area (Å²) in [7, 11) is 0. The van der Waals surface area contributed by atoms with E-state index in [4.69, 9.17) is 0 Å². The minimum atomic E-state index is -0.403. The molecule has 1 heterocycles. The predicted octanol–water partition coefficient (Wildman–Crippen LogP) is 3.46. The summed E-state index contributed by atoms with van der Waals surface area (Å²) in [6.07, 6.45) is 1.61. The molecule has 0 spiro atoms. The average molecular weight is 257 g/mol. The Hall–Kier alpha value is -2.49. The van der Waals surface area contributed by atoms with Crippen LogP contribution in [0.1, 0.15) is 11.1 Å². The monoisotopic (exact) mass is 257 g/mol. The molecule has 0 aliphatic carbocycles. The molecule has 1 aliphatic rings. The molecule has 1 amide bonds. The van der Waals surface area contributed by atoms with Crippen molar-refractivity contribution >= 4 is 23.2 Å². The topological polar surface area (TPSA) is 29.1 Å². The fourth-order valence-corrected chi connectivity index (χ4v) is 2.03. The van der Waals surface area contributed by atoms with Gasteiger partial charge < -0.3 is 5.32 Å². The van der Waals surface area contributed by atoms with Crippen molar-refractivity contribution in [3.8, 4) is 0 Å². The van der Waals surface area contributed by atoms with Crippen molar-refractivity contribution in [1.82, 2.24) is 0 Å². The summed E-state index contributed by atoms with van der Waals surface area (Å²) in [5.41, 5.74) is 2.17. The van der Waals surface area contributed by atoms with E-state index in [1.165, 1.54) is 30.3 Å². The first kappa shape index (κ1) is 11.6. The number of hydrogen-bond donors (Lipinski definition) is 1. The quantitative estimate of drug-likeness (QED) is 0.779. The summed E-state index contributed by atoms with van der Waals surface area (Å²) in [4.78, 5) is 11.8. The fourth-order valence-electron chi connectivity index (χ4n) is 2.03. The predicted molar refractivity (Wildman–Crippen MR) is 69.3 cm³/mol. The zero-order chi connectivity index (χ0) is 13.4. The maximum absolute atomic E-state index is 13.2. The van der Waals surface area contributed by atoms with Gasteiger partial charge in [-0.15, -0.1) is 0 Å². The Labute approximate surface area is 108 Å². The molecular formula is C15H9F2NO. The molecule has 0 fully saturated rings. The van der Waals surface area contributed by atoms with Gasteiger partial charge in [-0.25, -0.2) is 8.78 Å². The standard InChI is InChI=1S/C15H9F2NO/c16-10-3-1-9(2-4-10)7-13-12-8-11(17)5-6-14(12)18-15(13)19/h1-8H,(H,18,19)/b13-7+. The second-order valence-corrected chi connectivity index (χ2v) is 4.25. The molecule has 2 aromatic carbocycles. The van der Waals surface area contributed by atoms with Crippen LogP contribution in [-0.2, 0) is 4.79 Å². The van der Waals surface area contributed by atoms with Crippen LogP contribution in [0.4, 0.5) is 14.5 Å². The van der Waals surface area contributed by atoms with E-state index < -0.39 is 5.82 Å². The van der Waals surface area contributed by atoms with Gasteiger partial charge in [-0.3, -0.25) is 4.79 Å². The lowest BCUT2D eigenvalue weighted by molar-refractivity contribution is -0.110. The Morgan fingerprint density at radius 1 is 0.947 bits per heavy atom. The van der Waals surface area contributed by atoms with E-state index >= 15 is 0 Å². The van der Waals surface area contributed by atoms with Crippen LogP contribution >= 0.6 is 0 Å². The van der Waals surface area contributed by atoms with E-state index in [1.54, 1.807) is 18.2 Å². The number of carbonyl (C=O) groups is 1. The summed E-state index contributed by atoms with van der Waals surface area (Å²) in [6.45, 7) is 0. The van der Waals surface area contributed by atoms with Crippen LogP contribution in [0.15, 0.2) is 42.5 Å². The normalized spacial score (nSPS) is 15.5. The van der Waals surface area contributed by atoms with Gasteiger partial charge in [0.05, 0.1) is 0 Å². The number of carbonyl (C=O) groups excluding carboxylic acids is 1. The van der Waals surface area contributed by atoms with Gasteiger partial charge >= 0.3 is 0 Å². The lowest BCUT2D eigenvalue weighted by Crippen LogP contribution is -2.03. The van der Waals surface area contributed by atoms with E-state index in [0.717, 1.165) is 0 Å². The molecule has 2 aromatic rings. The van der Waals surface area contributed by atoms with Crippen molar-refractivity contribution in [3.63, 3.8) is 0 Å². The molecule has 19 heavy (non-hydrogen) atoms. The van der Waals surface area contributed by atoms with E-state index in [-0.39, 0.29) is 11.7 Å². The Morgan fingerprint density at radius 3 is 2.37 bits per heavy atom. The average Bonchev–Trinajstić information content (AvgIpc) is 2.69. The fraction of sp³-hybridized carbons (Fsp3) is 0. The molecule has 0 aromatic heterocycles. The first-order valence-electron chi connectivity index (χ1n) is 5.72. The zero-order valence-corrected chi connectivity index (χ0v) is 9.78. The van der Waals surface area contributed by atoms with E-state index in [1.807, 2.05) is 0 Å². The highest BCUT2D eigenvalue weighted by molar-refractivity contribution is 6.34. The van der Waals surface area contributed by atoms with E-state index in [0.29, 0.717) is 22.4 Å². The lowest BCUT2D eigenvalue weighted by Gasteiger charge is -1.99.